The minimum atomic E-state index is 0.213. The second kappa shape index (κ2) is 6.99. The van der Waals surface area contributed by atoms with Gasteiger partial charge in [0.05, 0.1) is 25.7 Å². The molecule has 1 aromatic heterocycles. The molecule has 2 atom stereocenters. The van der Waals surface area contributed by atoms with Crippen LogP contribution in [0.5, 0.6) is 0 Å². The van der Waals surface area contributed by atoms with Gasteiger partial charge in [0.25, 0.3) is 0 Å². The third kappa shape index (κ3) is 3.21. The van der Waals surface area contributed by atoms with Crippen molar-refractivity contribution in [2.24, 2.45) is 0 Å². The quantitative estimate of drug-likeness (QED) is 0.887. The van der Waals surface area contributed by atoms with Crippen LogP contribution < -0.4 is 4.90 Å². The lowest BCUT2D eigenvalue weighted by atomic mass is 10.0. The van der Waals surface area contributed by atoms with Crippen molar-refractivity contribution in [3.8, 4) is 0 Å². The summed E-state index contributed by atoms with van der Waals surface area (Å²) in [6, 6.07) is 9.05. The average molecular weight is 328 g/mol. The third-order valence-corrected chi connectivity index (χ3v) is 5.28. The number of benzene rings is 1. The predicted octanol–water partition coefficient (Wildman–Crippen LogP) is 0.929. The monoisotopic (exact) mass is 328 g/mol. The van der Waals surface area contributed by atoms with Gasteiger partial charge < -0.3 is 9.64 Å². The molecule has 2 aliphatic heterocycles. The van der Waals surface area contributed by atoms with E-state index in [2.05, 4.69) is 46.7 Å². The highest BCUT2D eigenvalue weighted by molar-refractivity contribution is 5.26. The van der Waals surface area contributed by atoms with Gasteiger partial charge in [0, 0.05) is 25.0 Å². The molecular weight excluding hydrogens is 302 g/mol. The number of nitrogens with one attached hydrogen (secondary N) is 1. The summed E-state index contributed by atoms with van der Waals surface area (Å²) in [6.45, 7) is 6.12. The molecule has 24 heavy (non-hydrogen) atoms. The highest BCUT2D eigenvalue weighted by Crippen LogP contribution is 2.21. The standard InChI is InChI=1S/C18H25N5O/c1-14-6-8-15(9-7-14)17(22-10-2-3-11-22)18-19-20-21-23(18)13-16-5-4-12-24-16/h6-9,16-17H,2-5,10-13H2,1H3/p+1/t16-,17-/m0/s1. The van der Waals surface area contributed by atoms with Crippen molar-refractivity contribution in [1.29, 1.82) is 0 Å². The number of aryl methyl sites for hydroxylation is 1. The number of likely N-dealkylation sites (tertiary alicyclic amines) is 1. The van der Waals surface area contributed by atoms with Gasteiger partial charge in [0.1, 0.15) is 0 Å². The van der Waals surface area contributed by atoms with Crippen LogP contribution in [0, 0.1) is 6.92 Å². The molecule has 0 saturated carbocycles. The molecule has 128 valence electrons. The normalized spacial score (nSPS) is 23.0. The van der Waals surface area contributed by atoms with Crippen LogP contribution in [-0.4, -0.2) is 46.0 Å². The molecular formula is C18H26N5O+. The van der Waals surface area contributed by atoms with Crippen molar-refractivity contribution in [3.05, 3.63) is 41.2 Å². The van der Waals surface area contributed by atoms with Crippen molar-refractivity contribution in [2.45, 2.75) is 51.3 Å². The SMILES string of the molecule is Cc1ccc([C@@H](c2nnnn2C[C@@H]2CCCO2)[NH+]2CCCC2)cc1. The molecule has 6 nitrogen and oxygen atoms in total. The Hall–Kier alpha value is -1.79. The van der Waals surface area contributed by atoms with Crippen LogP contribution in [0.15, 0.2) is 24.3 Å². The van der Waals surface area contributed by atoms with Crippen molar-refractivity contribution in [3.63, 3.8) is 0 Å². The van der Waals surface area contributed by atoms with Gasteiger partial charge in [-0.1, -0.05) is 29.8 Å². The smallest absolute Gasteiger partial charge is 0.214 e. The summed E-state index contributed by atoms with van der Waals surface area (Å²) in [7, 11) is 0. The Morgan fingerprint density at radius 1 is 1.21 bits per heavy atom. The zero-order valence-corrected chi connectivity index (χ0v) is 14.3. The summed E-state index contributed by atoms with van der Waals surface area (Å²) in [5.41, 5.74) is 2.59. The first kappa shape index (κ1) is 15.7. The number of quaternary nitrogens is 1. The second-order valence-corrected chi connectivity index (χ2v) is 7.06. The molecule has 6 heteroatoms. The third-order valence-electron chi connectivity index (χ3n) is 5.28. The Morgan fingerprint density at radius 3 is 2.71 bits per heavy atom. The lowest BCUT2D eigenvalue weighted by molar-refractivity contribution is -0.914. The summed E-state index contributed by atoms with van der Waals surface area (Å²) >= 11 is 0. The van der Waals surface area contributed by atoms with Gasteiger partial charge in [-0.2, -0.15) is 0 Å². The largest absolute Gasteiger partial charge is 0.376 e. The number of rotatable bonds is 5. The first-order valence-electron chi connectivity index (χ1n) is 9.10. The Kier molecular flexibility index (Phi) is 4.58. The Labute approximate surface area is 142 Å². The average Bonchev–Trinajstić information content (AvgIpc) is 3.34. The van der Waals surface area contributed by atoms with Crippen LogP contribution in [0.4, 0.5) is 0 Å². The second-order valence-electron chi connectivity index (χ2n) is 7.06. The lowest BCUT2D eigenvalue weighted by Crippen LogP contribution is -3.10. The minimum absolute atomic E-state index is 0.213. The number of ether oxygens (including phenoxy) is 1. The van der Waals surface area contributed by atoms with Gasteiger partial charge in [-0.15, -0.1) is 5.10 Å². The first-order valence-corrected chi connectivity index (χ1v) is 9.10. The van der Waals surface area contributed by atoms with Gasteiger partial charge >= 0.3 is 0 Å². The molecule has 0 aliphatic carbocycles. The van der Waals surface area contributed by atoms with Gasteiger partial charge in [0.15, 0.2) is 6.04 Å². The summed E-state index contributed by atoms with van der Waals surface area (Å²) in [4.78, 5) is 1.57. The zero-order valence-electron chi connectivity index (χ0n) is 14.3. The lowest BCUT2D eigenvalue weighted by Gasteiger charge is -2.24. The van der Waals surface area contributed by atoms with E-state index in [0.717, 1.165) is 31.8 Å². The summed E-state index contributed by atoms with van der Waals surface area (Å²) in [6.07, 6.45) is 5.06. The molecule has 2 fully saturated rings. The van der Waals surface area contributed by atoms with E-state index in [-0.39, 0.29) is 12.1 Å². The Morgan fingerprint density at radius 2 is 2.00 bits per heavy atom. The van der Waals surface area contributed by atoms with E-state index in [4.69, 9.17) is 4.74 Å². The first-order chi connectivity index (χ1) is 11.8. The molecule has 2 saturated heterocycles. The molecule has 0 unspecified atom stereocenters. The molecule has 1 aromatic carbocycles. The van der Waals surface area contributed by atoms with E-state index in [9.17, 15) is 0 Å². The molecule has 0 bridgehead atoms. The Bertz CT molecular complexity index is 656. The summed E-state index contributed by atoms with van der Waals surface area (Å²) < 4.78 is 7.76. The van der Waals surface area contributed by atoms with Gasteiger partial charge in [-0.3, -0.25) is 0 Å². The van der Waals surface area contributed by atoms with Crippen LogP contribution >= 0.6 is 0 Å². The van der Waals surface area contributed by atoms with Gasteiger partial charge in [0.2, 0.25) is 5.82 Å². The van der Waals surface area contributed by atoms with Crippen LogP contribution in [0.1, 0.15) is 48.7 Å². The van der Waals surface area contributed by atoms with Crippen molar-refractivity contribution < 1.29 is 9.64 Å². The van der Waals surface area contributed by atoms with Crippen molar-refractivity contribution in [2.75, 3.05) is 19.7 Å². The number of hydrogen-bond acceptors (Lipinski definition) is 4. The molecule has 0 spiro atoms. The van der Waals surface area contributed by atoms with E-state index in [1.165, 1.54) is 37.1 Å². The van der Waals surface area contributed by atoms with Crippen LogP contribution in [0.3, 0.4) is 0 Å². The molecule has 2 aliphatic rings. The highest BCUT2D eigenvalue weighted by atomic mass is 16.5. The van der Waals surface area contributed by atoms with Crippen LogP contribution in [0.25, 0.3) is 0 Å². The number of tetrazole rings is 1. The Balaban J connectivity index is 1.65. The van der Waals surface area contributed by atoms with Crippen LogP contribution in [0.2, 0.25) is 0 Å². The van der Waals surface area contributed by atoms with Crippen molar-refractivity contribution in [1.82, 2.24) is 20.2 Å². The maximum absolute atomic E-state index is 5.78. The maximum atomic E-state index is 5.78. The highest BCUT2D eigenvalue weighted by Gasteiger charge is 2.34. The maximum Gasteiger partial charge on any atom is 0.214 e. The summed E-state index contributed by atoms with van der Waals surface area (Å²) in [5.74, 6) is 0.978. The zero-order chi connectivity index (χ0) is 16.4. The van der Waals surface area contributed by atoms with Crippen molar-refractivity contribution >= 4 is 0 Å². The van der Waals surface area contributed by atoms with E-state index >= 15 is 0 Å². The van der Waals surface area contributed by atoms with E-state index in [1.54, 1.807) is 4.90 Å². The van der Waals surface area contributed by atoms with E-state index in [1.807, 2.05) is 4.68 Å². The minimum Gasteiger partial charge on any atom is -0.376 e. The predicted molar refractivity (Wildman–Crippen MR) is 89.7 cm³/mol. The fraction of sp³-hybridized carbons (Fsp3) is 0.611. The van der Waals surface area contributed by atoms with E-state index in [0.29, 0.717) is 0 Å². The van der Waals surface area contributed by atoms with Gasteiger partial charge in [-0.05, 0) is 30.2 Å². The molecule has 0 radical (unpaired) electrons. The number of aromatic nitrogens is 4. The fourth-order valence-electron chi connectivity index (χ4n) is 3.97. The molecule has 2 aromatic rings. The molecule has 4 rings (SSSR count). The molecule has 3 heterocycles. The van der Waals surface area contributed by atoms with Gasteiger partial charge in [-0.25, -0.2) is 4.68 Å². The topological polar surface area (TPSA) is 57.3 Å². The van der Waals surface area contributed by atoms with Crippen LogP contribution in [-0.2, 0) is 11.3 Å². The fourth-order valence-corrected chi connectivity index (χ4v) is 3.97. The summed E-state index contributed by atoms with van der Waals surface area (Å²) in [5, 5.41) is 12.7. The molecule has 0 amide bonds. The number of nitrogens with zero attached hydrogens (tertiary/aromatic N) is 4. The van der Waals surface area contributed by atoms with E-state index < -0.39 is 0 Å². The molecule has 1 N–H and O–H groups in total. The number of hydrogen-bond donors (Lipinski definition) is 1.